The van der Waals surface area contributed by atoms with Crippen LogP contribution in [0.3, 0.4) is 0 Å². The maximum Gasteiger partial charge on any atom is 0.261 e. The zero-order valence-electron chi connectivity index (χ0n) is 15.3. The number of aromatic nitrogens is 2. The predicted molar refractivity (Wildman–Crippen MR) is 111 cm³/mol. The SMILES string of the molecule is O=S(=O)(Nc1ccc(-c2ccc(N3CCCC3)nn2)cc1)c1ccc(F)c(Cl)c1. The second kappa shape index (κ2) is 7.96. The molecule has 1 aliphatic rings. The lowest BCUT2D eigenvalue weighted by molar-refractivity contribution is 0.599. The van der Waals surface area contributed by atoms with Crippen LogP contribution in [0.15, 0.2) is 59.5 Å². The van der Waals surface area contributed by atoms with Crippen molar-refractivity contribution in [3.05, 3.63) is 65.4 Å². The number of nitrogens with one attached hydrogen (secondary N) is 1. The first-order chi connectivity index (χ1) is 13.9. The Morgan fingerprint density at radius 2 is 1.69 bits per heavy atom. The molecule has 0 radical (unpaired) electrons. The van der Waals surface area contributed by atoms with Crippen molar-refractivity contribution < 1.29 is 12.8 Å². The third kappa shape index (κ3) is 4.33. The Labute approximate surface area is 173 Å². The van der Waals surface area contributed by atoms with E-state index in [4.69, 9.17) is 11.6 Å². The van der Waals surface area contributed by atoms with Gasteiger partial charge in [0.15, 0.2) is 5.82 Å². The van der Waals surface area contributed by atoms with Gasteiger partial charge in [-0.15, -0.1) is 10.2 Å². The van der Waals surface area contributed by atoms with Crippen LogP contribution in [0.4, 0.5) is 15.9 Å². The highest BCUT2D eigenvalue weighted by Crippen LogP contribution is 2.25. The maximum absolute atomic E-state index is 13.3. The zero-order chi connectivity index (χ0) is 20.4. The second-order valence-electron chi connectivity index (χ2n) is 6.73. The highest BCUT2D eigenvalue weighted by atomic mass is 35.5. The summed E-state index contributed by atoms with van der Waals surface area (Å²) in [6.07, 6.45) is 2.34. The van der Waals surface area contributed by atoms with Crippen molar-refractivity contribution in [1.82, 2.24) is 10.2 Å². The van der Waals surface area contributed by atoms with Crippen LogP contribution in [0.2, 0.25) is 5.02 Å². The summed E-state index contributed by atoms with van der Waals surface area (Å²) in [7, 11) is -3.88. The second-order valence-corrected chi connectivity index (χ2v) is 8.82. The molecule has 0 bridgehead atoms. The van der Waals surface area contributed by atoms with Crippen molar-refractivity contribution >= 4 is 33.1 Å². The van der Waals surface area contributed by atoms with Gasteiger partial charge < -0.3 is 4.90 Å². The molecule has 150 valence electrons. The average Bonchev–Trinajstić information content (AvgIpc) is 3.25. The largest absolute Gasteiger partial charge is 0.355 e. The van der Waals surface area contributed by atoms with Gasteiger partial charge in [-0.3, -0.25) is 4.72 Å². The molecule has 6 nitrogen and oxygen atoms in total. The van der Waals surface area contributed by atoms with E-state index in [0.29, 0.717) is 11.4 Å². The molecular weight excluding hydrogens is 415 g/mol. The standard InChI is InChI=1S/C20H18ClFN4O2S/c21-17-13-16(7-8-18(17)22)29(27,28)25-15-5-3-14(4-6-15)19-9-10-20(24-23-19)26-11-1-2-12-26/h3-10,13,25H,1-2,11-12H2. The van der Waals surface area contributed by atoms with Crippen molar-refractivity contribution in [3.8, 4) is 11.3 Å². The molecule has 9 heteroatoms. The molecule has 3 aromatic rings. The molecule has 4 rings (SSSR count). The lowest BCUT2D eigenvalue weighted by atomic mass is 10.1. The van der Waals surface area contributed by atoms with Crippen molar-refractivity contribution in [2.24, 2.45) is 0 Å². The van der Waals surface area contributed by atoms with E-state index in [1.54, 1.807) is 24.3 Å². The Morgan fingerprint density at radius 3 is 2.31 bits per heavy atom. The van der Waals surface area contributed by atoms with Gasteiger partial charge in [0.1, 0.15) is 5.82 Å². The molecule has 2 heterocycles. The quantitative estimate of drug-likeness (QED) is 0.649. The molecule has 1 saturated heterocycles. The summed E-state index contributed by atoms with van der Waals surface area (Å²) in [4.78, 5) is 2.09. The minimum absolute atomic E-state index is 0.114. The van der Waals surface area contributed by atoms with Gasteiger partial charge >= 0.3 is 0 Å². The molecule has 29 heavy (non-hydrogen) atoms. The van der Waals surface area contributed by atoms with Crippen LogP contribution in [-0.2, 0) is 10.0 Å². The molecule has 0 aliphatic carbocycles. The number of sulfonamides is 1. The number of hydrogen-bond donors (Lipinski definition) is 1. The van der Waals surface area contributed by atoms with Crippen LogP contribution in [0.1, 0.15) is 12.8 Å². The molecule has 2 aromatic carbocycles. The third-order valence-electron chi connectivity index (χ3n) is 4.71. The van der Waals surface area contributed by atoms with Crippen LogP contribution < -0.4 is 9.62 Å². The van der Waals surface area contributed by atoms with Gasteiger partial charge in [-0.2, -0.15) is 0 Å². The first kappa shape index (κ1) is 19.6. The summed E-state index contributed by atoms with van der Waals surface area (Å²) in [5.41, 5.74) is 1.89. The number of rotatable bonds is 5. The first-order valence-corrected chi connectivity index (χ1v) is 11.0. The highest BCUT2D eigenvalue weighted by Gasteiger charge is 2.17. The minimum Gasteiger partial charge on any atom is -0.355 e. The molecular formula is C20H18ClFN4O2S. The molecule has 0 atom stereocenters. The van der Waals surface area contributed by atoms with E-state index < -0.39 is 15.8 Å². The van der Waals surface area contributed by atoms with Gasteiger partial charge in [0.2, 0.25) is 0 Å². The number of nitrogens with zero attached hydrogens (tertiary/aromatic N) is 3. The lowest BCUT2D eigenvalue weighted by Gasteiger charge is -2.15. The van der Waals surface area contributed by atoms with E-state index in [1.165, 1.54) is 12.8 Å². The maximum atomic E-state index is 13.3. The van der Waals surface area contributed by atoms with Gasteiger partial charge in [0, 0.05) is 24.3 Å². The molecule has 1 N–H and O–H groups in total. The van der Waals surface area contributed by atoms with Gasteiger partial charge in [0.25, 0.3) is 10.0 Å². The Morgan fingerprint density at radius 1 is 0.966 bits per heavy atom. The Hall–Kier alpha value is -2.71. The minimum atomic E-state index is -3.88. The normalized spacial score (nSPS) is 14.2. The molecule has 0 amide bonds. The van der Waals surface area contributed by atoms with Crippen molar-refractivity contribution in [1.29, 1.82) is 0 Å². The third-order valence-corrected chi connectivity index (χ3v) is 6.38. The topological polar surface area (TPSA) is 75.2 Å². The van der Waals surface area contributed by atoms with Crippen LogP contribution in [0, 0.1) is 5.82 Å². The summed E-state index contributed by atoms with van der Waals surface area (Å²) in [5.74, 6) is 0.195. The zero-order valence-corrected chi connectivity index (χ0v) is 16.9. The molecule has 1 fully saturated rings. The Kier molecular flexibility index (Phi) is 5.38. The number of hydrogen-bond acceptors (Lipinski definition) is 5. The fourth-order valence-corrected chi connectivity index (χ4v) is 4.49. The van der Waals surface area contributed by atoms with E-state index in [2.05, 4.69) is 19.8 Å². The number of anilines is 2. The van der Waals surface area contributed by atoms with Crippen molar-refractivity contribution in [3.63, 3.8) is 0 Å². The summed E-state index contributed by atoms with van der Waals surface area (Å²) in [5, 5.41) is 8.33. The van der Waals surface area contributed by atoms with Gasteiger partial charge in [-0.05, 0) is 55.3 Å². The number of halogens is 2. The van der Waals surface area contributed by atoms with E-state index >= 15 is 0 Å². The average molecular weight is 433 g/mol. The smallest absolute Gasteiger partial charge is 0.261 e. The monoisotopic (exact) mass is 432 g/mol. The Bertz CT molecular complexity index is 1120. The first-order valence-electron chi connectivity index (χ1n) is 9.09. The number of benzene rings is 2. The fourth-order valence-electron chi connectivity index (χ4n) is 3.16. The Balaban J connectivity index is 1.49. The highest BCUT2D eigenvalue weighted by molar-refractivity contribution is 7.92. The lowest BCUT2D eigenvalue weighted by Crippen LogP contribution is -2.19. The van der Waals surface area contributed by atoms with Crippen LogP contribution in [-0.4, -0.2) is 31.7 Å². The van der Waals surface area contributed by atoms with E-state index in [9.17, 15) is 12.8 Å². The van der Waals surface area contributed by atoms with Gasteiger partial charge in [-0.1, -0.05) is 23.7 Å². The van der Waals surface area contributed by atoms with Crippen LogP contribution in [0.5, 0.6) is 0 Å². The summed E-state index contributed by atoms with van der Waals surface area (Å²) >= 11 is 5.68. The molecule has 0 unspecified atom stereocenters. The van der Waals surface area contributed by atoms with Gasteiger partial charge in [0.05, 0.1) is 15.6 Å². The van der Waals surface area contributed by atoms with E-state index in [1.807, 2.05) is 12.1 Å². The van der Waals surface area contributed by atoms with E-state index in [-0.39, 0.29) is 9.92 Å². The van der Waals surface area contributed by atoms with Gasteiger partial charge in [-0.25, -0.2) is 12.8 Å². The summed E-state index contributed by atoms with van der Waals surface area (Å²) in [6.45, 7) is 2.00. The van der Waals surface area contributed by atoms with Crippen molar-refractivity contribution in [2.45, 2.75) is 17.7 Å². The van der Waals surface area contributed by atoms with Crippen LogP contribution >= 0.6 is 11.6 Å². The molecule has 0 spiro atoms. The van der Waals surface area contributed by atoms with E-state index in [0.717, 1.165) is 42.7 Å². The fraction of sp³-hybridized carbons (Fsp3) is 0.200. The molecule has 1 aliphatic heterocycles. The van der Waals surface area contributed by atoms with Crippen molar-refractivity contribution in [2.75, 3.05) is 22.7 Å². The predicted octanol–water partition coefficient (Wildman–Crippen LogP) is 4.34. The molecule has 0 saturated carbocycles. The summed E-state index contributed by atoms with van der Waals surface area (Å²) in [6, 6.07) is 13.9. The molecule has 1 aromatic heterocycles. The summed E-state index contributed by atoms with van der Waals surface area (Å²) < 4.78 is 40.7. The van der Waals surface area contributed by atoms with Crippen LogP contribution in [0.25, 0.3) is 11.3 Å².